The highest BCUT2D eigenvalue weighted by Crippen LogP contribution is 2.51. The largest absolute Gasteiger partial charge is 0.481 e. The molecule has 1 atom stereocenters. The molecular weight excluding hydrogens is 368 g/mol. The second-order valence-corrected chi connectivity index (χ2v) is 7.07. The van der Waals surface area contributed by atoms with E-state index < -0.39 is 17.2 Å². The van der Waals surface area contributed by atoms with E-state index in [9.17, 15) is 9.59 Å². The predicted molar refractivity (Wildman–Crippen MR) is 109 cm³/mol. The molecule has 1 aromatic heterocycles. The van der Waals surface area contributed by atoms with E-state index in [1.807, 2.05) is 18.2 Å². The normalized spacial score (nSPS) is 14.4. The first kappa shape index (κ1) is 17.3. The van der Waals surface area contributed by atoms with Crippen LogP contribution in [0.15, 0.2) is 75.9 Å². The molecule has 1 aliphatic carbocycles. The van der Waals surface area contributed by atoms with Crippen LogP contribution in [0.3, 0.4) is 0 Å². The highest BCUT2D eigenvalue weighted by Gasteiger charge is 2.39. The van der Waals surface area contributed by atoms with Crippen LogP contribution in [-0.4, -0.2) is 11.1 Å². The van der Waals surface area contributed by atoms with Crippen molar-refractivity contribution >= 4 is 16.9 Å². The fourth-order valence-corrected chi connectivity index (χ4v) is 3.74. The third-order valence-electron chi connectivity index (χ3n) is 5.22. The SMILES string of the molecule is Cc1ccc(-c2ccccc2)c2c1C2Oc1ccc2oc(=O)c(C(=O)O)cc2c1. The highest BCUT2D eigenvalue weighted by atomic mass is 16.5. The van der Waals surface area contributed by atoms with E-state index in [1.54, 1.807) is 18.2 Å². The quantitative estimate of drug-likeness (QED) is 0.504. The third kappa shape index (κ3) is 2.88. The second kappa shape index (κ2) is 6.34. The van der Waals surface area contributed by atoms with Crippen molar-refractivity contribution in [2.24, 2.45) is 0 Å². The smallest absolute Gasteiger partial charge is 0.351 e. The van der Waals surface area contributed by atoms with Crippen molar-refractivity contribution in [2.75, 3.05) is 0 Å². The zero-order chi connectivity index (χ0) is 20.1. The van der Waals surface area contributed by atoms with Crippen molar-refractivity contribution in [3.8, 4) is 16.9 Å². The van der Waals surface area contributed by atoms with E-state index in [0.717, 1.165) is 11.1 Å². The molecule has 0 aliphatic heterocycles. The summed E-state index contributed by atoms with van der Waals surface area (Å²) >= 11 is 0. The van der Waals surface area contributed by atoms with Crippen LogP contribution in [0.5, 0.6) is 5.75 Å². The first-order valence-corrected chi connectivity index (χ1v) is 9.19. The monoisotopic (exact) mass is 384 g/mol. The highest BCUT2D eigenvalue weighted by molar-refractivity contribution is 5.91. The molecule has 3 aromatic carbocycles. The molecular formula is C24H16O5. The molecule has 0 amide bonds. The van der Waals surface area contributed by atoms with Crippen LogP contribution in [0.4, 0.5) is 0 Å². The van der Waals surface area contributed by atoms with Gasteiger partial charge in [0.15, 0.2) is 6.10 Å². The van der Waals surface area contributed by atoms with Crippen molar-refractivity contribution in [1.29, 1.82) is 0 Å². The number of ether oxygens (including phenoxy) is 1. The standard InChI is InChI=1S/C24H16O5/c1-13-7-9-17(14-5-3-2-4-6-14)21-20(13)22(21)28-16-8-10-19-15(11-16)12-18(23(25)26)24(27)29-19/h2-12,22H,1H3,(H,25,26). The summed E-state index contributed by atoms with van der Waals surface area (Å²) in [5.74, 6) is -0.730. The molecule has 142 valence electrons. The molecule has 0 bridgehead atoms. The van der Waals surface area contributed by atoms with Gasteiger partial charge in [0.25, 0.3) is 0 Å². The van der Waals surface area contributed by atoms with Gasteiger partial charge in [0, 0.05) is 16.5 Å². The molecule has 1 unspecified atom stereocenters. The van der Waals surface area contributed by atoms with Crippen LogP contribution in [0.1, 0.15) is 33.2 Å². The summed E-state index contributed by atoms with van der Waals surface area (Å²) in [5, 5.41) is 9.65. The summed E-state index contributed by atoms with van der Waals surface area (Å²) < 4.78 is 11.3. The molecule has 5 rings (SSSR count). The Morgan fingerprint density at radius 1 is 1.00 bits per heavy atom. The second-order valence-electron chi connectivity index (χ2n) is 7.07. The minimum absolute atomic E-state index is 0.146. The van der Waals surface area contributed by atoms with E-state index in [0.29, 0.717) is 16.7 Å². The van der Waals surface area contributed by atoms with Gasteiger partial charge in [0.05, 0.1) is 0 Å². The zero-order valence-electron chi connectivity index (χ0n) is 15.5. The molecule has 5 nitrogen and oxygen atoms in total. The van der Waals surface area contributed by atoms with Gasteiger partial charge in [-0.25, -0.2) is 9.59 Å². The zero-order valence-corrected chi connectivity index (χ0v) is 15.5. The number of hydrogen-bond donors (Lipinski definition) is 1. The lowest BCUT2D eigenvalue weighted by molar-refractivity contribution is 0.0692. The molecule has 1 aliphatic rings. The maximum Gasteiger partial charge on any atom is 0.351 e. The van der Waals surface area contributed by atoms with Crippen LogP contribution in [0, 0.1) is 6.92 Å². The lowest BCUT2D eigenvalue weighted by Gasteiger charge is -2.07. The molecule has 4 aromatic rings. The van der Waals surface area contributed by atoms with Crippen LogP contribution in [0.25, 0.3) is 22.1 Å². The molecule has 1 N–H and O–H groups in total. The van der Waals surface area contributed by atoms with Gasteiger partial charge in [0.1, 0.15) is 16.9 Å². The summed E-state index contributed by atoms with van der Waals surface area (Å²) in [6.07, 6.45) is -0.146. The summed E-state index contributed by atoms with van der Waals surface area (Å²) in [4.78, 5) is 22.9. The summed E-state index contributed by atoms with van der Waals surface area (Å²) in [6.45, 7) is 2.06. The van der Waals surface area contributed by atoms with Gasteiger partial charge in [-0.3, -0.25) is 0 Å². The van der Waals surface area contributed by atoms with Crippen LogP contribution < -0.4 is 10.4 Å². The first-order chi connectivity index (χ1) is 14.0. The molecule has 0 spiro atoms. The summed E-state index contributed by atoms with van der Waals surface area (Å²) in [6, 6.07) is 20.7. The number of fused-ring (bicyclic) bond motifs is 2. The van der Waals surface area contributed by atoms with Gasteiger partial charge in [-0.15, -0.1) is 0 Å². The maximum absolute atomic E-state index is 11.7. The van der Waals surface area contributed by atoms with Crippen LogP contribution in [-0.2, 0) is 0 Å². The van der Waals surface area contributed by atoms with Crippen molar-refractivity contribution in [3.63, 3.8) is 0 Å². The topological polar surface area (TPSA) is 76.7 Å². The minimum Gasteiger partial charge on any atom is -0.481 e. The van der Waals surface area contributed by atoms with Crippen molar-refractivity contribution in [1.82, 2.24) is 0 Å². The predicted octanol–water partition coefficient (Wildman–Crippen LogP) is 4.95. The Hall–Kier alpha value is -3.86. The number of carboxylic acids is 1. The van der Waals surface area contributed by atoms with Gasteiger partial charge < -0.3 is 14.3 Å². The lowest BCUT2D eigenvalue weighted by atomic mass is 10.0. The molecule has 0 saturated heterocycles. The molecule has 0 radical (unpaired) electrons. The molecule has 0 saturated carbocycles. The number of aryl methyl sites for hydroxylation is 1. The van der Waals surface area contributed by atoms with E-state index in [-0.39, 0.29) is 6.10 Å². The van der Waals surface area contributed by atoms with Gasteiger partial charge >= 0.3 is 11.6 Å². The first-order valence-electron chi connectivity index (χ1n) is 9.19. The molecule has 0 fully saturated rings. The molecule has 1 heterocycles. The lowest BCUT2D eigenvalue weighted by Crippen LogP contribution is -2.12. The number of benzene rings is 3. The Bertz CT molecular complexity index is 1330. The average Bonchev–Trinajstić information content (AvgIpc) is 3.43. The number of carbonyl (C=O) groups is 1. The van der Waals surface area contributed by atoms with E-state index >= 15 is 0 Å². The van der Waals surface area contributed by atoms with Gasteiger partial charge in [-0.05, 0) is 47.9 Å². The maximum atomic E-state index is 11.7. The number of aromatic carboxylic acids is 1. The van der Waals surface area contributed by atoms with Crippen LogP contribution in [0.2, 0.25) is 0 Å². The Kier molecular flexibility index (Phi) is 3.77. The summed E-state index contributed by atoms with van der Waals surface area (Å²) in [7, 11) is 0. The fourth-order valence-electron chi connectivity index (χ4n) is 3.74. The molecule has 5 heteroatoms. The van der Waals surface area contributed by atoms with Crippen molar-refractivity contribution in [3.05, 3.63) is 99.4 Å². The molecule has 29 heavy (non-hydrogen) atoms. The number of carboxylic acid groups (broad SMARTS) is 1. The fraction of sp³-hybridized carbons (Fsp3) is 0.0833. The summed E-state index contributed by atoms with van der Waals surface area (Å²) in [5.41, 5.74) is 4.87. The number of hydrogen-bond acceptors (Lipinski definition) is 4. The Balaban J connectivity index is 1.50. The Labute approximate surface area is 165 Å². The van der Waals surface area contributed by atoms with E-state index in [1.165, 1.54) is 22.8 Å². The Morgan fingerprint density at radius 3 is 2.55 bits per heavy atom. The van der Waals surface area contributed by atoms with E-state index in [2.05, 4.69) is 31.2 Å². The van der Waals surface area contributed by atoms with E-state index in [4.69, 9.17) is 14.3 Å². The van der Waals surface area contributed by atoms with Gasteiger partial charge in [-0.1, -0.05) is 42.5 Å². The Morgan fingerprint density at radius 2 is 1.79 bits per heavy atom. The third-order valence-corrected chi connectivity index (χ3v) is 5.22. The average molecular weight is 384 g/mol. The van der Waals surface area contributed by atoms with Crippen molar-refractivity contribution in [2.45, 2.75) is 13.0 Å². The van der Waals surface area contributed by atoms with Gasteiger partial charge in [0.2, 0.25) is 0 Å². The minimum atomic E-state index is -1.32. The number of rotatable bonds is 4. The van der Waals surface area contributed by atoms with Crippen LogP contribution >= 0.6 is 0 Å². The van der Waals surface area contributed by atoms with Gasteiger partial charge in [-0.2, -0.15) is 0 Å². The van der Waals surface area contributed by atoms with Crippen molar-refractivity contribution < 1.29 is 19.1 Å².